The van der Waals surface area contributed by atoms with E-state index in [9.17, 15) is 14.7 Å². The van der Waals surface area contributed by atoms with Crippen molar-refractivity contribution in [1.82, 2.24) is 14.9 Å². The van der Waals surface area contributed by atoms with Crippen molar-refractivity contribution in [3.8, 4) is 17.2 Å². The van der Waals surface area contributed by atoms with Crippen LogP contribution in [0.3, 0.4) is 0 Å². The molecule has 4 rings (SSSR count). The number of carboxylic acid groups (broad SMARTS) is 1. The van der Waals surface area contributed by atoms with E-state index >= 15 is 0 Å². The number of pyridine rings is 1. The number of benzene rings is 2. The summed E-state index contributed by atoms with van der Waals surface area (Å²) >= 11 is 0. The summed E-state index contributed by atoms with van der Waals surface area (Å²) in [5.41, 5.74) is 1.92. The first-order valence-electron chi connectivity index (χ1n) is 12.2. The second kappa shape index (κ2) is 11.2. The van der Waals surface area contributed by atoms with Crippen molar-refractivity contribution in [3.63, 3.8) is 0 Å². The number of nitrogens with zero attached hydrogens (tertiary/aromatic N) is 2. The van der Waals surface area contributed by atoms with Crippen LogP contribution in [0.5, 0.6) is 17.2 Å². The molecule has 9 heteroatoms. The molecule has 1 amide bonds. The molecule has 2 N–H and O–H groups in total. The molecule has 4 aromatic rings. The van der Waals surface area contributed by atoms with Gasteiger partial charge >= 0.3 is 12.1 Å². The smallest absolute Gasteiger partial charge is 0.408 e. The van der Waals surface area contributed by atoms with Crippen LogP contribution in [0.4, 0.5) is 4.79 Å². The Morgan fingerprint density at radius 1 is 0.974 bits per heavy atom. The summed E-state index contributed by atoms with van der Waals surface area (Å²) in [7, 11) is 1.64. The molecule has 2 aromatic heterocycles. The zero-order chi connectivity index (χ0) is 27.3. The second-order valence-electron chi connectivity index (χ2n) is 9.83. The molecule has 2 aromatic carbocycles. The van der Waals surface area contributed by atoms with Crippen LogP contribution in [-0.2, 0) is 22.5 Å². The van der Waals surface area contributed by atoms with Crippen LogP contribution < -0.4 is 14.8 Å². The number of aliphatic carboxylic acids is 1. The van der Waals surface area contributed by atoms with Crippen molar-refractivity contribution in [2.24, 2.45) is 0 Å². The van der Waals surface area contributed by atoms with Crippen LogP contribution in [0.15, 0.2) is 73.1 Å². The van der Waals surface area contributed by atoms with Gasteiger partial charge in [0, 0.05) is 25.4 Å². The summed E-state index contributed by atoms with van der Waals surface area (Å²) in [4.78, 5) is 28.2. The third-order valence-corrected chi connectivity index (χ3v) is 5.71. The first kappa shape index (κ1) is 26.5. The van der Waals surface area contributed by atoms with Crippen LogP contribution in [0.1, 0.15) is 31.9 Å². The Kier molecular flexibility index (Phi) is 7.85. The van der Waals surface area contributed by atoms with Crippen LogP contribution >= 0.6 is 0 Å². The van der Waals surface area contributed by atoms with Gasteiger partial charge in [-0.2, -0.15) is 0 Å². The molecule has 0 saturated carbocycles. The highest BCUT2D eigenvalue weighted by molar-refractivity contribution is 5.83. The molecule has 38 heavy (non-hydrogen) atoms. The van der Waals surface area contributed by atoms with Gasteiger partial charge in [-0.1, -0.05) is 24.3 Å². The van der Waals surface area contributed by atoms with Crippen molar-refractivity contribution >= 4 is 23.1 Å². The molecule has 9 nitrogen and oxygen atoms in total. The fourth-order valence-corrected chi connectivity index (χ4v) is 3.92. The van der Waals surface area contributed by atoms with Gasteiger partial charge in [-0.3, -0.25) is 0 Å². The first-order chi connectivity index (χ1) is 18.1. The third-order valence-electron chi connectivity index (χ3n) is 5.71. The average molecular weight is 518 g/mol. The summed E-state index contributed by atoms with van der Waals surface area (Å²) in [6.07, 6.45) is 3.01. The highest BCUT2D eigenvalue weighted by atomic mass is 16.6. The van der Waals surface area contributed by atoms with Crippen LogP contribution in [0.2, 0.25) is 0 Å². The number of carbonyl (C=O) groups excluding carboxylic acids is 1. The fourth-order valence-electron chi connectivity index (χ4n) is 3.92. The molecule has 0 bridgehead atoms. The predicted octanol–water partition coefficient (Wildman–Crippen LogP) is 5.41. The fraction of sp³-hybridized carbons (Fsp3) is 0.276. The summed E-state index contributed by atoms with van der Waals surface area (Å²) in [6.45, 7) is 5.80. The van der Waals surface area contributed by atoms with E-state index in [1.54, 1.807) is 64.4 Å². The second-order valence-corrected chi connectivity index (χ2v) is 9.83. The molecule has 1 atom stereocenters. The van der Waals surface area contributed by atoms with Gasteiger partial charge in [0.15, 0.2) is 0 Å². The van der Waals surface area contributed by atoms with Gasteiger partial charge in [0.2, 0.25) is 0 Å². The topological polar surface area (TPSA) is 112 Å². The summed E-state index contributed by atoms with van der Waals surface area (Å²) in [6, 6.07) is 17.6. The Balaban J connectivity index is 1.44. The minimum Gasteiger partial charge on any atom is -0.497 e. The van der Waals surface area contributed by atoms with Gasteiger partial charge in [0.05, 0.1) is 12.5 Å². The largest absolute Gasteiger partial charge is 0.497 e. The number of aromatic nitrogens is 2. The summed E-state index contributed by atoms with van der Waals surface area (Å²) in [5.74, 6) is 0.917. The average Bonchev–Trinajstić information content (AvgIpc) is 3.27. The first-order valence-corrected chi connectivity index (χ1v) is 12.2. The van der Waals surface area contributed by atoms with E-state index in [0.717, 1.165) is 27.9 Å². The molecule has 0 radical (unpaired) electrons. The number of hydrogen-bond donors (Lipinski definition) is 2. The predicted molar refractivity (Wildman–Crippen MR) is 143 cm³/mol. The molecule has 0 aliphatic heterocycles. The Hall–Kier alpha value is -4.53. The normalized spacial score (nSPS) is 12.1. The van der Waals surface area contributed by atoms with Crippen molar-refractivity contribution in [1.29, 1.82) is 0 Å². The SMILES string of the molecule is COc1ccc(Cn2ccc3c(Oc4ccc(C[C@H](NC(=O)OC(C)(C)C)C(=O)O)cc4)ccnc32)cc1. The Labute approximate surface area is 221 Å². The molecule has 2 heterocycles. The van der Waals surface area contributed by atoms with Crippen molar-refractivity contribution in [2.45, 2.75) is 45.4 Å². The zero-order valence-electron chi connectivity index (χ0n) is 21.8. The highest BCUT2D eigenvalue weighted by Gasteiger charge is 2.24. The van der Waals surface area contributed by atoms with Crippen LogP contribution in [-0.4, -0.2) is 45.5 Å². The van der Waals surface area contributed by atoms with Gasteiger partial charge < -0.3 is 29.2 Å². The van der Waals surface area contributed by atoms with E-state index in [1.165, 1.54) is 0 Å². The number of ether oxygens (including phenoxy) is 3. The standard InChI is InChI=1S/C29H31N3O6/c1-29(2,3)38-28(35)31-24(27(33)34)17-19-5-11-22(12-6-19)37-25-13-15-30-26-23(25)14-16-32(26)18-20-7-9-21(36-4)10-8-20/h5-16,24H,17-18H2,1-4H3,(H,31,35)(H,33,34)/t24-/m0/s1. The van der Waals surface area contributed by atoms with Crippen LogP contribution in [0, 0.1) is 0 Å². The Bertz CT molecular complexity index is 1410. The molecule has 198 valence electrons. The van der Waals surface area contributed by atoms with Crippen LogP contribution in [0.25, 0.3) is 11.0 Å². The number of fused-ring (bicyclic) bond motifs is 1. The van der Waals surface area contributed by atoms with E-state index in [-0.39, 0.29) is 6.42 Å². The highest BCUT2D eigenvalue weighted by Crippen LogP contribution is 2.30. The number of hydrogen-bond acceptors (Lipinski definition) is 6. The maximum absolute atomic E-state index is 12.0. The van der Waals surface area contributed by atoms with E-state index in [4.69, 9.17) is 14.2 Å². The lowest BCUT2D eigenvalue weighted by molar-refractivity contribution is -0.139. The number of alkyl carbamates (subject to hydrolysis) is 1. The lowest BCUT2D eigenvalue weighted by atomic mass is 10.1. The molecule has 0 aliphatic rings. The van der Waals surface area contributed by atoms with E-state index in [1.807, 2.05) is 36.5 Å². The van der Waals surface area contributed by atoms with Crippen molar-refractivity contribution < 1.29 is 28.9 Å². The molecule has 0 fully saturated rings. The Morgan fingerprint density at radius 3 is 2.26 bits per heavy atom. The van der Waals surface area contributed by atoms with Gasteiger partial charge in [0.25, 0.3) is 0 Å². The molecule has 0 saturated heterocycles. The number of carbonyl (C=O) groups is 2. The number of methoxy groups -OCH3 is 1. The molecule has 0 aliphatic carbocycles. The lowest BCUT2D eigenvalue weighted by Crippen LogP contribution is -2.44. The van der Waals surface area contributed by atoms with Crippen molar-refractivity contribution in [2.75, 3.05) is 7.11 Å². The molecular formula is C29H31N3O6. The number of rotatable bonds is 9. The summed E-state index contributed by atoms with van der Waals surface area (Å²) in [5, 5.41) is 12.8. The van der Waals surface area contributed by atoms with Gasteiger partial charge in [-0.25, -0.2) is 14.6 Å². The minimum absolute atomic E-state index is 0.0998. The molecule has 0 unspecified atom stereocenters. The molecule has 0 spiro atoms. The molecular weight excluding hydrogens is 486 g/mol. The van der Waals surface area contributed by atoms with E-state index in [2.05, 4.69) is 14.9 Å². The van der Waals surface area contributed by atoms with E-state index in [0.29, 0.717) is 18.0 Å². The Morgan fingerprint density at radius 2 is 1.63 bits per heavy atom. The maximum Gasteiger partial charge on any atom is 0.408 e. The number of amides is 1. The van der Waals surface area contributed by atoms with Gasteiger partial charge in [0.1, 0.15) is 34.5 Å². The number of carboxylic acids is 1. The lowest BCUT2D eigenvalue weighted by Gasteiger charge is -2.22. The van der Waals surface area contributed by atoms with E-state index < -0.39 is 23.7 Å². The summed E-state index contributed by atoms with van der Waals surface area (Å²) < 4.78 is 18.6. The zero-order valence-corrected chi connectivity index (χ0v) is 21.8. The minimum atomic E-state index is -1.14. The quantitative estimate of drug-likeness (QED) is 0.305. The maximum atomic E-state index is 12.0. The monoisotopic (exact) mass is 517 g/mol. The van der Waals surface area contributed by atoms with Gasteiger partial charge in [-0.05, 0) is 68.3 Å². The van der Waals surface area contributed by atoms with Crippen molar-refractivity contribution in [3.05, 3.63) is 84.2 Å². The van der Waals surface area contributed by atoms with Gasteiger partial charge in [-0.15, -0.1) is 0 Å². The third kappa shape index (κ3) is 6.82. The number of nitrogens with one attached hydrogen (secondary N) is 1.